The summed E-state index contributed by atoms with van der Waals surface area (Å²) in [5.74, 6) is -2.66. The molecule has 0 aliphatic carbocycles. The monoisotopic (exact) mass is 226 g/mol. The normalized spacial score (nSPS) is 14.5. The molecule has 4 heteroatoms. The van der Waals surface area contributed by atoms with Gasteiger partial charge < -0.3 is 10.2 Å². The van der Waals surface area contributed by atoms with E-state index in [0.29, 0.717) is 0 Å². The van der Waals surface area contributed by atoms with E-state index in [1.165, 1.54) is 12.1 Å². The number of hydrogen-bond acceptors (Lipinski definition) is 2. The molecular weight excluding hydrogens is 211 g/mol. The smallest absolute Gasteiger partial charge is 0.309 e. The molecule has 0 bridgehead atoms. The van der Waals surface area contributed by atoms with E-state index in [1.54, 1.807) is 19.9 Å². The van der Waals surface area contributed by atoms with Crippen LogP contribution in [0.4, 0.5) is 4.39 Å². The molecule has 1 aromatic carbocycles. The highest BCUT2D eigenvalue weighted by Crippen LogP contribution is 2.27. The lowest BCUT2D eigenvalue weighted by atomic mass is 9.92. The first-order valence-electron chi connectivity index (χ1n) is 5.14. The Morgan fingerprint density at radius 2 is 2.12 bits per heavy atom. The van der Waals surface area contributed by atoms with E-state index in [4.69, 9.17) is 5.11 Å². The minimum absolute atomic E-state index is 0.0502. The zero-order valence-corrected chi connectivity index (χ0v) is 9.27. The number of halogens is 1. The van der Waals surface area contributed by atoms with Crippen LogP contribution in [0.1, 0.15) is 30.6 Å². The Kier molecular flexibility index (Phi) is 4.01. The van der Waals surface area contributed by atoms with Crippen LogP contribution in [0.25, 0.3) is 0 Å². The standard InChI is InChI=1S/C12H15FO3/c1-3-8(12(15)16)11(14)9-6-7(2)4-5-10(9)13/h4-6,8,11,14H,3H2,1-2H3,(H,15,16). The van der Waals surface area contributed by atoms with Gasteiger partial charge in [0, 0.05) is 5.56 Å². The summed E-state index contributed by atoms with van der Waals surface area (Å²) in [6.45, 7) is 3.41. The van der Waals surface area contributed by atoms with Crippen LogP contribution in [-0.4, -0.2) is 16.2 Å². The van der Waals surface area contributed by atoms with Gasteiger partial charge in [0.25, 0.3) is 0 Å². The Morgan fingerprint density at radius 1 is 1.50 bits per heavy atom. The van der Waals surface area contributed by atoms with E-state index in [-0.39, 0.29) is 12.0 Å². The second-order valence-corrected chi connectivity index (χ2v) is 3.82. The zero-order valence-electron chi connectivity index (χ0n) is 9.27. The highest BCUT2D eigenvalue weighted by Gasteiger charge is 2.27. The van der Waals surface area contributed by atoms with Gasteiger partial charge in [-0.3, -0.25) is 4.79 Å². The molecule has 2 atom stereocenters. The molecule has 1 aromatic rings. The predicted octanol–water partition coefficient (Wildman–Crippen LogP) is 2.28. The van der Waals surface area contributed by atoms with Gasteiger partial charge in [0.1, 0.15) is 5.82 Å². The van der Waals surface area contributed by atoms with Crippen molar-refractivity contribution in [1.82, 2.24) is 0 Å². The average molecular weight is 226 g/mol. The highest BCUT2D eigenvalue weighted by atomic mass is 19.1. The van der Waals surface area contributed by atoms with Crippen LogP contribution < -0.4 is 0 Å². The maximum absolute atomic E-state index is 13.4. The summed E-state index contributed by atoms with van der Waals surface area (Å²) < 4.78 is 13.4. The molecule has 0 aliphatic heterocycles. The average Bonchev–Trinajstić information content (AvgIpc) is 2.22. The van der Waals surface area contributed by atoms with Crippen molar-refractivity contribution in [2.45, 2.75) is 26.4 Å². The number of aliphatic hydroxyl groups is 1. The first-order chi connectivity index (χ1) is 7.47. The molecular formula is C12H15FO3. The number of aliphatic hydroxyl groups excluding tert-OH is 1. The third kappa shape index (κ3) is 2.58. The molecule has 0 fully saturated rings. The summed E-state index contributed by atoms with van der Waals surface area (Å²) in [5.41, 5.74) is 0.838. The van der Waals surface area contributed by atoms with Crippen molar-refractivity contribution < 1.29 is 19.4 Å². The Labute approximate surface area is 93.5 Å². The Hall–Kier alpha value is -1.42. The number of aryl methyl sites for hydroxylation is 1. The van der Waals surface area contributed by atoms with Crippen molar-refractivity contribution in [3.8, 4) is 0 Å². The molecule has 88 valence electrons. The lowest BCUT2D eigenvalue weighted by Crippen LogP contribution is -2.22. The molecule has 0 saturated heterocycles. The fraction of sp³-hybridized carbons (Fsp3) is 0.417. The Balaban J connectivity index is 3.07. The molecule has 0 heterocycles. The van der Waals surface area contributed by atoms with Crippen LogP contribution in [0.15, 0.2) is 18.2 Å². The molecule has 3 nitrogen and oxygen atoms in total. The van der Waals surface area contributed by atoms with Crippen molar-refractivity contribution in [2.75, 3.05) is 0 Å². The number of aliphatic carboxylic acids is 1. The van der Waals surface area contributed by atoms with Gasteiger partial charge >= 0.3 is 5.97 Å². The van der Waals surface area contributed by atoms with Gasteiger partial charge in [-0.25, -0.2) is 4.39 Å². The minimum Gasteiger partial charge on any atom is -0.481 e. The van der Waals surface area contributed by atoms with Crippen molar-refractivity contribution in [2.24, 2.45) is 5.92 Å². The largest absolute Gasteiger partial charge is 0.481 e. The van der Waals surface area contributed by atoms with Crippen molar-refractivity contribution in [1.29, 1.82) is 0 Å². The molecule has 2 N–H and O–H groups in total. The fourth-order valence-corrected chi connectivity index (χ4v) is 1.64. The van der Waals surface area contributed by atoms with E-state index < -0.39 is 23.8 Å². The van der Waals surface area contributed by atoms with Crippen molar-refractivity contribution >= 4 is 5.97 Å². The summed E-state index contributed by atoms with van der Waals surface area (Å²) in [6, 6.07) is 4.29. The third-order valence-electron chi connectivity index (χ3n) is 2.61. The minimum atomic E-state index is -1.30. The summed E-state index contributed by atoms with van der Waals surface area (Å²) >= 11 is 0. The maximum Gasteiger partial charge on any atom is 0.309 e. The molecule has 0 aromatic heterocycles. The number of benzene rings is 1. The summed E-state index contributed by atoms with van der Waals surface area (Å²) in [7, 11) is 0. The molecule has 0 spiro atoms. The van der Waals surface area contributed by atoms with Gasteiger partial charge in [-0.1, -0.05) is 24.6 Å². The predicted molar refractivity (Wildman–Crippen MR) is 57.5 cm³/mol. The first-order valence-corrected chi connectivity index (χ1v) is 5.14. The molecule has 0 saturated carbocycles. The molecule has 1 rings (SSSR count). The van der Waals surface area contributed by atoms with Crippen LogP contribution in [0, 0.1) is 18.7 Å². The lowest BCUT2D eigenvalue weighted by molar-refractivity contribution is -0.146. The summed E-state index contributed by atoms with van der Waals surface area (Å²) in [4.78, 5) is 10.9. The van der Waals surface area contributed by atoms with E-state index >= 15 is 0 Å². The third-order valence-corrected chi connectivity index (χ3v) is 2.61. The van der Waals surface area contributed by atoms with E-state index in [9.17, 15) is 14.3 Å². The van der Waals surface area contributed by atoms with Gasteiger partial charge in [0.15, 0.2) is 0 Å². The van der Waals surface area contributed by atoms with E-state index in [2.05, 4.69) is 0 Å². The Morgan fingerprint density at radius 3 is 2.62 bits per heavy atom. The van der Waals surface area contributed by atoms with Gasteiger partial charge in [-0.2, -0.15) is 0 Å². The number of carboxylic acid groups (broad SMARTS) is 1. The van der Waals surface area contributed by atoms with Crippen molar-refractivity contribution in [3.63, 3.8) is 0 Å². The quantitative estimate of drug-likeness (QED) is 0.828. The highest BCUT2D eigenvalue weighted by molar-refractivity contribution is 5.71. The van der Waals surface area contributed by atoms with Crippen LogP contribution >= 0.6 is 0 Å². The number of hydrogen-bond donors (Lipinski definition) is 2. The van der Waals surface area contributed by atoms with Gasteiger partial charge in [-0.05, 0) is 19.4 Å². The first kappa shape index (κ1) is 12.6. The van der Waals surface area contributed by atoms with Gasteiger partial charge in [-0.15, -0.1) is 0 Å². The number of carboxylic acids is 1. The second kappa shape index (κ2) is 5.07. The second-order valence-electron chi connectivity index (χ2n) is 3.82. The van der Waals surface area contributed by atoms with E-state index in [1.807, 2.05) is 0 Å². The molecule has 2 unspecified atom stereocenters. The molecule has 16 heavy (non-hydrogen) atoms. The Bertz CT molecular complexity index is 390. The number of rotatable bonds is 4. The van der Waals surface area contributed by atoms with Crippen LogP contribution in [-0.2, 0) is 4.79 Å². The molecule has 0 aliphatic rings. The van der Waals surface area contributed by atoms with Gasteiger partial charge in [0.05, 0.1) is 12.0 Å². The number of carbonyl (C=O) groups is 1. The zero-order chi connectivity index (χ0) is 12.3. The SMILES string of the molecule is CCC(C(=O)O)C(O)c1cc(C)ccc1F. The lowest BCUT2D eigenvalue weighted by Gasteiger charge is -2.18. The molecule has 0 amide bonds. The molecule has 0 radical (unpaired) electrons. The summed E-state index contributed by atoms with van der Waals surface area (Å²) in [5, 5.41) is 18.7. The fourth-order valence-electron chi connectivity index (χ4n) is 1.64. The van der Waals surface area contributed by atoms with E-state index in [0.717, 1.165) is 5.56 Å². The van der Waals surface area contributed by atoms with Crippen LogP contribution in [0.5, 0.6) is 0 Å². The van der Waals surface area contributed by atoms with Crippen molar-refractivity contribution in [3.05, 3.63) is 35.1 Å². The maximum atomic E-state index is 13.4. The summed E-state index contributed by atoms with van der Waals surface area (Å²) in [6.07, 6.45) is -1.05. The topological polar surface area (TPSA) is 57.5 Å². The van der Waals surface area contributed by atoms with Crippen LogP contribution in [0.3, 0.4) is 0 Å². The van der Waals surface area contributed by atoms with Gasteiger partial charge in [0.2, 0.25) is 0 Å². The van der Waals surface area contributed by atoms with Crippen LogP contribution in [0.2, 0.25) is 0 Å².